The van der Waals surface area contributed by atoms with E-state index in [0.717, 1.165) is 29.4 Å². The summed E-state index contributed by atoms with van der Waals surface area (Å²) < 4.78 is 10.7. The SMILES string of the molecule is C#CCCOCCOCCNC(=O)/C(C#N)=C/c1ccc2cc(N3CCCCC3)ccc2c1. The molecule has 3 rings (SSSR count). The smallest absolute Gasteiger partial charge is 0.262 e. The summed E-state index contributed by atoms with van der Waals surface area (Å²) in [5, 5.41) is 14.4. The minimum absolute atomic E-state index is 0.0666. The molecule has 0 spiro atoms. The Labute approximate surface area is 196 Å². The number of fused-ring (bicyclic) bond motifs is 1. The maximum atomic E-state index is 12.4. The van der Waals surface area contributed by atoms with E-state index in [-0.39, 0.29) is 5.57 Å². The van der Waals surface area contributed by atoms with Gasteiger partial charge in [0.2, 0.25) is 0 Å². The molecule has 1 saturated heterocycles. The van der Waals surface area contributed by atoms with Crippen LogP contribution in [-0.2, 0) is 14.3 Å². The molecule has 0 bridgehead atoms. The molecule has 0 atom stereocenters. The largest absolute Gasteiger partial charge is 0.378 e. The Balaban J connectivity index is 1.52. The van der Waals surface area contributed by atoms with E-state index in [9.17, 15) is 10.1 Å². The molecule has 2 aromatic rings. The number of anilines is 1. The van der Waals surface area contributed by atoms with E-state index < -0.39 is 5.91 Å². The van der Waals surface area contributed by atoms with E-state index in [1.54, 1.807) is 6.08 Å². The van der Waals surface area contributed by atoms with Crippen LogP contribution in [0.4, 0.5) is 5.69 Å². The molecule has 0 saturated carbocycles. The summed E-state index contributed by atoms with van der Waals surface area (Å²) in [5.41, 5.74) is 2.14. The van der Waals surface area contributed by atoms with Gasteiger partial charge in [-0.1, -0.05) is 18.2 Å². The van der Waals surface area contributed by atoms with Gasteiger partial charge in [-0.2, -0.15) is 5.26 Å². The monoisotopic (exact) mass is 445 g/mol. The van der Waals surface area contributed by atoms with E-state index in [0.29, 0.717) is 39.4 Å². The number of nitrogens with one attached hydrogen (secondary N) is 1. The lowest BCUT2D eigenvalue weighted by molar-refractivity contribution is -0.117. The fraction of sp³-hybridized carbons (Fsp3) is 0.407. The van der Waals surface area contributed by atoms with E-state index in [1.165, 1.54) is 24.9 Å². The number of carbonyl (C=O) groups excluding carboxylic acids is 1. The van der Waals surface area contributed by atoms with Crippen LogP contribution in [-0.4, -0.2) is 52.0 Å². The van der Waals surface area contributed by atoms with E-state index in [1.807, 2.05) is 24.3 Å². The van der Waals surface area contributed by atoms with E-state index in [4.69, 9.17) is 15.9 Å². The average molecular weight is 446 g/mol. The minimum Gasteiger partial charge on any atom is -0.378 e. The van der Waals surface area contributed by atoms with Crippen molar-refractivity contribution in [3.63, 3.8) is 0 Å². The lowest BCUT2D eigenvalue weighted by Crippen LogP contribution is -2.29. The molecule has 1 aliphatic heterocycles. The van der Waals surface area contributed by atoms with E-state index >= 15 is 0 Å². The van der Waals surface area contributed by atoms with Gasteiger partial charge >= 0.3 is 0 Å². The number of carbonyl (C=O) groups is 1. The fourth-order valence-electron chi connectivity index (χ4n) is 3.79. The Morgan fingerprint density at radius 3 is 2.52 bits per heavy atom. The van der Waals surface area contributed by atoms with Gasteiger partial charge in [0.1, 0.15) is 11.6 Å². The molecular weight excluding hydrogens is 414 g/mol. The number of ether oxygens (including phenoxy) is 2. The molecule has 1 amide bonds. The van der Waals surface area contributed by atoms with Crippen LogP contribution in [0.5, 0.6) is 0 Å². The highest BCUT2D eigenvalue weighted by Gasteiger charge is 2.12. The summed E-state index contributed by atoms with van der Waals surface area (Å²) in [7, 11) is 0. The molecule has 2 aromatic carbocycles. The zero-order valence-electron chi connectivity index (χ0n) is 19.0. The number of rotatable bonds is 11. The first-order chi connectivity index (χ1) is 16.2. The second-order valence-corrected chi connectivity index (χ2v) is 7.94. The maximum absolute atomic E-state index is 12.4. The maximum Gasteiger partial charge on any atom is 0.262 e. The molecule has 33 heavy (non-hydrogen) atoms. The third-order valence-corrected chi connectivity index (χ3v) is 5.54. The zero-order chi connectivity index (χ0) is 23.3. The summed E-state index contributed by atoms with van der Waals surface area (Å²) in [6.07, 6.45) is 11.1. The molecule has 1 heterocycles. The summed E-state index contributed by atoms with van der Waals surface area (Å²) >= 11 is 0. The van der Waals surface area contributed by atoms with Gasteiger partial charge in [0, 0.05) is 31.7 Å². The molecule has 1 fully saturated rings. The van der Waals surface area contributed by atoms with Crippen LogP contribution < -0.4 is 10.2 Å². The van der Waals surface area contributed by atoms with Gasteiger partial charge in [0.05, 0.1) is 26.4 Å². The molecule has 1 aliphatic rings. The number of benzene rings is 2. The quantitative estimate of drug-likeness (QED) is 0.246. The van der Waals surface area contributed by atoms with Gasteiger partial charge < -0.3 is 19.7 Å². The van der Waals surface area contributed by atoms with Crippen LogP contribution in [0.1, 0.15) is 31.2 Å². The zero-order valence-corrected chi connectivity index (χ0v) is 19.0. The van der Waals surface area contributed by atoms with Crippen molar-refractivity contribution in [2.75, 3.05) is 51.0 Å². The Kier molecular flexibility index (Phi) is 9.79. The van der Waals surface area contributed by atoms with Crippen LogP contribution >= 0.6 is 0 Å². The lowest BCUT2D eigenvalue weighted by Gasteiger charge is -2.29. The lowest BCUT2D eigenvalue weighted by atomic mass is 10.0. The van der Waals surface area contributed by atoms with Crippen LogP contribution in [0, 0.1) is 23.7 Å². The van der Waals surface area contributed by atoms with Crippen molar-refractivity contribution >= 4 is 28.4 Å². The highest BCUT2D eigenvalue weighted by molar-refractivity contribution is 6.02. The van der Waals surface area contributed by atoms with Gasteiger partial charge in [-0.3, -0.25) is 4.79 Å². The van der Waals surface area contributed by atoms with Crippen molar-refractivity contribution in [3.05, 3.63) is 47.5 Å². The van der Waals surface area contributed by atoms with Gasteiger partial charge in [-0.25, -0.2) is 0 Å². The predicted molar refractivity (Wildman–Crippen MR) is 132 cm³/mol. The first-order valence-corrected chi connectivity index (χ1v) is 11.5. The number of hydrogen-bond acceptors (Lipinski definition) is 5. The third kappa shape index (κ3) is 7.64. The van der Waals surface area contributed by atoms with Crippen molar-refractivity contribution in [2.24, 2.45) is 0 Å². The highest BCUT2D eigenvalue weighted by Crippen LogP contribution is 2.26. The van der Waals surface area contributed by atoms with Gasteiger partial charge in [0.15, 0.2) is 0 Å². The van der Waals surface area contributed by atoms with Gasteiger partial charge in [-0.15, -0.1) is 12.3 Å². The number of piperidine rings is 1. The summed E-state index contributed by atoms with van der Waals surface area (Å²) in [6, 6.07) is 14.5. The standard InChI is InChI=1S/C27H31N3O3/c1-2-3-14-32-16-17-33-15-11-29-27(31)25(21-28)19-22-7-8-24-20-26(10-9-23(24)18-22)30-12-5-4-6-13-30/h1,7-10,18-20H,3-6,11-17H2,(H,29,31)/b25-19+. The molecule has 6 heteroatoms. The topological polar surface area (TPSA) is 74.6 Å². The van der Waals surface area contributed by atoms with Gasteiger partial charge in [0.25, 0.3) is 5.91 Å². The Morgan fingerprint density at radius 2 is 1.76 bits per heavy atom. The van der Waals surface area contributed by atoms with E-state index in [2.05, 4.69) is 34.3 Å². The van der Waals surface area contributed by atoms with Crippen molar-refractivity contribution in [1.29, 1.82) is 5.26 Å². The Bertz CT molecular complexity index is 1040. The summed E-state index contributed by atoms with van der Waals surface area (Å²) in [5.74, 6) is 2.09. The molecule has 172 valence electrons. The average Bonchev–Trinajstić information content (AvgIpc) is 2.86. The van der Waals surface area contributed by atoms with Crippen LogP contribution in [0.25, 0.3) is 16.8 Å². The molecule has 6 nitrogen and oxygen atoms in total. The minimum atomic E-state index is -0.410. The number of amides is 1. The predicted octanol–water partition coefficient (Wildman–Crippen LogP) is 3.91. The van der Waals surface area contributed by atoms with Crippen molar-refractivity contribution < 1.29 is 14.3 Å². The normalized spacial score (nSPS) is 14.0. The molecular formula is C27H31N3O3. The Morgan fingerprint density at radius 1 is 1.03 bits per heavy atom. The van der Waals surface area contributed by atoms with Gasteiger partial charge in [-0.05, 0) is 59.9 Å². The number of hydrogen-bond donors (Lipinski definition) is 1. The van der Waals surface area contributed by atoms with Crippen LogP contribution in [0.15, 0.2) is 42.0 Å². The first-order valence-electron chi connectivity index (χ1n) is 11.5. The van der Waals surface area contributed by atoms with Crippen LogP contribution in [0.2, 0.25) is 0 Å². The second-order valence-electron chi connectivity index (χ2n) is 7.94. The number of terminal acetylenes is 1. The molecule has 0 radical (unpaired) electrons. The second kappa shape index (κ2) is 13.3. The van der Waals surface area contributed by atoms with Crippen molar-refractivity contribution in [2.45, 2.75) is 25.7 Å². The number of nitriles is 1. The molecule has 0 aromatic heterocycles. The first kappa shape index (κ1) is 24.3. The molecule has 0 unspecified atom stereocenters. The molecule has 0 aliphatic carbocycles. The van der Waals surface area contributed by atoms with Crippen molar-refractivity contribution in [1.82, 2.24) is 5.32 Å². The Hall–Kier alpha value is -3.32. The fourth-order valence-corrected chi connectivity index (χ4v) is 3.79. The summed E-state index contributed by atoms with van der Waals surface area (Å²) in [6.45, 7) is 4.29. The highest BCUT2D eigenvalue weighted by atomic mass is 16.5. The van der Waals surface area contributed by atoms with Crippen LogP contribution in [0.3, 0.4) is 0 Å². The summed E-state index contributed by atoms with van der Waals surface area (Å²) in [4.78, 5) is 14.8. The third-order valence-electron chi connectivity index (χ3n) is 5.54. The van der Waals surface area contributed by atoms with Crippen molar-refractivity contribution in [3.8, 4) is 18.4 Å². The number of nitrogens with zero attached hydrogens (tertiary/aromatic N) is 2. The molecule has 1 N–H and O–H groups in total.